The molecular formula is C37H30Br4P2. The van der Waals surface area contributed by atoms with Gasteiger partial charge in [0.2, 0.25) is 0 Å². The van der Waals surface area contributed by atoms with Crippen molar-refractivity contribution in [1.82, 2.24) is 0 Å². The zero-order chi connectivity index (χ0) is 28.2. The molecule has 0 unspecified atom stereocenters. The lowest BCUT2D eigenvalue weighted by Gasteiger charge is -2.44. The van der Waals surface area contributed by atoms with E-state index in [2.05, 4.69) is 214 Å². The highest BCUT2D eigenvalue weighted by Gasteiger charge is 2.77. The molecule has 6 aromatic rings. The van der Waals surface area contributed by atoms with Gasteiger partial charge in [-0.2, -0.15) is 0 Å². The molecule has 0 aliphatic carbocycles. The zero-order valence-corrected chi connectivity index (χ0v) is 31.4. The summed E-state index contributed by atoms with van der Waals surface area (Å²) >= 11 is 9.33. The number of rotatable bonds is 8. The Kier molecular flexibility index (Phi) is 11.8. The number of alkyl halides is 2. The molecule has 0 aliphatic heterocycles. The summed E-state index contributed by atoms with van der Waals surface area (Å²) in [5, 5.41) is 7.91. The Bertz CT molecular complexity index is 1360. The van der Waals surface area contributed by atoms with E-state index in [9.17, 15) is 0 Å². The van der Waals surface area contributed by atoms with Crippen LogP contribution in [-0.4, -0.2) is 2.72 Å². The number of halogens is 4. The minimum Gasteiger partial charge on any atom is -1.00 e. The summed E-state index contributed by atoms with van der Waals surface area (Å²) in [6, 6.07) is 66.7. The fourth-order valence-corrected chi connectivity index (χ4v) is 24.6. The third-order valence-electron chi connectivity index (χ3n) is 7.67. The SMILES string of the molecule is BrC(Br)([P+](c1ccccc1)(c1ccccc1)c1ccccc1)[P+](c1ccccc1)(c1ccccc1)c1ccccc1.[Br-].[Br-]. The second-order valence-corrected chi connectivity index (χ2v) is 23.2. The van der Waals surface area contributed by atoms with Crippen molar-refractivity contribution in [3.63, 3.8) is 0 Å². The van der Waals surface area contributed by atoms with Gasteiger partial charge in [0, 0.05) is 31.9 Å². The van der Waals surface area contributed by atoms with E-state index in [1.165, 1.54) is 31.8 Å². The van der Waals surface area contributed by atoms with Crippen LogP contribution in [0.3, 0.4) is 0 Å². The standard InChI is InChI=1S/C37H30Br2P2.2BrH/c38-37(39,40(31-19-7-1-8-20-31,32-21-9-2-10-22-32)33-23-11-3-12-24-33)41(34-25-13-4-14-26-34,35-27-15-5-16-28-35)36-29-17-6-18-30-36;;/h1-30H;2*1H/q+2;;/p-2. The summed E-state index contributed by atoms with van der Waals surface area (Å²) in [6.45, 7) is 0. The largest absolute Gasteiger partial charge is 1.00 e. The maximum Gasteiger partial charge on any atom is 0.307 e. The van der Waals surface area contributed by atoms with Crippen molar-refractivity contribution in [3.05, 3.63) is 182 Å². The molecule has 43 heavy (non-hydrogen) atoms. The van der Waals surface area contributed by atoms with Crippen molar-refractivity contribution in [2.75, 3.05) is 0 Å². The fraction of sp³-hybridized carbons (Fsp3) is 0.0270. The van der Waals surface area contributed by atoms with Gasteiger partial charge in [0.25, 0.3) is 0 Å². The normalized spacial score (nSPS) is 11.6. The van der Waals surface area contributed by atoms with Crippen LogP contribution in [0.2, 0.25) is 0 Å². The van der Waals surface area contributed by atoms with E-state index in [4.69, 9.17) is 0 Å². The van der Waals surface area contributed by atoms with Crippen LogP contribution in [0.15, 0.2) is 182 Å². The first kappa shape index (κ1) is 34.0. The maximum absolute atomic E-state index is 4.67. The molecule has 0 N–H and O–H groups in total. The van der Waals surface area contributed by atoms with Crippen molar-refractivity contribution >= 4 is 78.2 Å². The Labute approximate surface area is 294 Å². The van der Waals surface area contributed by atoms with Gasteiger partial charge in [-0.15, -0.1) is 0 Å². The third-order valence-corrected chi connectivity index (χ3v) is 23.9. The van der Waals surface area contributed by atoms with Crippen molar-refractivity contribution in [1.29, 1.82) is 0 Å². The Morgan fingerprint density at radius 2 is 0.419 bits per heavy atom. The predicted octanol–water partition coefficient (Wildman–Crippen LogP) is 2.38. The molecule has 0 amide bonds. The Morgan fingerprint density at radius 3 is 0.558 bits per heavy atom. The first-order valence-electron chi connectivity index (χ1n) is 13.6. The molecule has 0 heterocycles. The van der Waals surface area contributed by atoms with Crippen LogP contribution in [0, 0.1) is 0 Å². The molecule has 0 radical (unpaired) electrons. The highest BCUT2D eigenvalue weighted by Crippen LogP contribution is 2.88. The summed E-state index contributed by atoms with van der Waals surface area (Å²) in [5.74, 6) is 0. The average molecular weight is 856 g/mol. The van der Waals surface area contributed by atoms with Crippen molar-refractivity contribution in [2.24, 2.45) is 0 Å². The van der Waals surface area contributed by atoms with Crippen LogP contribution in [0.1, 0.15) is 0 Å². The fourth-order valence-electron chi connectivity index (χ4n) is 5.96. The summed E-state index contributed by atoms with van der Waals surface area (Å²) in [5.41, 5.74) is 0. The van der Waals surface area contributed by atoms with Gasteiger partial charge in [-0.1, -0.05) is 109 Å². The first-order chi connectivity index (χ1) is 20.1. The van der Waals surface area contributed by atoms with Crippen molar-refractivity contribution in [2.45, 2.75) is 2.72 Å². The predicted molar refractivity (Wildman–Crippen MR) is 191 cm³/mol. The molecular weight excluding hydrogens is 826 g/mol. The Morgan fingerprint density at radius 1 is 0.279 bits per heavy atom. The molecule has 0 spiro atoms. The molecule has 6 heteroatoms. The average Bonchev–Trinajstić information content (AvgIpc) is 3.05. The molecule has 0 aliphatic rings. The van der Waals surface area contributed by atoms with E-state index in [-0.39, 0.29) is 34.0 Å². The minimum absolute atomic E-state index is 0. The van der Waals surface area contributed by atoms with Crippen LogP contribution in [0.4, 0.5) is 0 Å². The molecule has 0 atom stereocenters. The van der Waals surface area contributed by atoms with Gasteiger partial charge in [0.15, 0.2) is 14.5 Å². The van der Waals surface area contributed by atoms with Crippen LogP contribution in [0.5, 0.6) is 0 Å². The third kappa shape index (κ3) is 5.81. The monoisotopic (exact) mass is 852 g/mol. The van der Waals surface area contributed by atoms with Crippen LogP contribution in [0.25, 0.3) is 0 Å². The summed E-state index contributed by atoms with van der Waals surface area (Å²) in [6.07, 6.45) is 0. The van der Waals surface area contributed by atoms with E-state index in [1.807, 2.05) is 0 Å². The van der Waals surface area contributed by atoms with Crippen LogP contribution >= 0.6 is 46.4 Å². The number of hydrogen-bond donors (Lipinski definition) is 0. The van der Waals surface area contributed by atoms with Crippen LogP contribution in [-0.2, 0) is 0 Å². The topological polar surface area (TPSA) is 0 Å². The molecule has 0 fully saturated rings. The van der Waals surface area contributed by atoms with Crippen LogP contribution < -0.4 is 65.8 Å². The van der Waals surface area contributed by atoms with E-state index < -0.39 is 17.2 Å². The number of benzene rings is 6. The summed E-state index contributed by atoms with van der Waals surface area (Å²) < 4.78 is -0.603. The lowest BCUT2D eigenvalue weighted by Crippen LogP contribution is -3.00. The lowest BCUT2D eigenvalue weighted by molar-refractivity contribution is -0.001000. The van der Waals surface area contributed by atoms with Gasteiger partial charge in [-0.05, 0) is 72.8 Å². The van der Waals surface area contributed by atoms with Gasteiger partial charge >= 0.3 is 2.72 Å². The maximum atomic E-state index is 4.67. The molecule has 0 saturated carbocycles. The van der Waals surface area contributed by atoms with E-state index in [0.717, 1.165) is 0 Å². The van der Waals surface area contributed by atoms with Gasteiger partial charge in [-0.25, -0.2) is 0 Å². The highest BCUT2D eigenvalue weighted by atomic mass is 79.9. The van der Waals surface area contributed by atoms with Gasteiger partial charge in [-0.3, -0.25) is 0 Å². The first-order valence-corrected chi connectivity index (χ1v) is 18.8. The minimum atomic E-state index is -2.49. The lowest BCUT2D eigenvalue weighted by atomic mass is 10.4. The molecule has 0 bridgehead atoms. The summed E-state index contributed by atoms with van der Waals surface area (Å²) in [7, 11) is -4.98. The van der Waals surface area contributed by atoms with Crippen molar-refractivity contribution in [3.8, 4) is 0 Å². The van der Waals surface area contributed by atoms with Gasteiger partial charge < -0.3 is 34.0 Å². The quantitative estimate of drug-likeness (QED) is 0.163. The van der Waals surface area contributed by atoms with Crippen molar-refractivity contribution < 1.29 is 34.0 Å². The molecule has 0 aromatic heterocycles. The molecule has 0 saturated heterocycles. The second kappa shape index (κ2) is 14.9. The summed E-state index contributed by atoms with van der Waals surface area (Å²) in [4.78, 5) is 0. The van der Waals surface area contributed by atoms with Gasteiger partial charge in [0.05, 0.1) is 0 Å². The molecule has 0 nitrogen and oxygen atoms in total. The van der Waals surface area contributed by atoms with E-state index in [0.29, 0.717) is 0 Å². The Balaban J connectivity index is 0.00000212. The van der Waals surface area contributed by atoms with E-state index >= 15 is 0 Å². The Hall–Kier alpha value is -1.90. The zero-order valence-electron chi connectivity index (χ0n) is 23.2. The molecule has 216 valence electrons. The van der Waals surface area contributed by atoms with Gasteiger partial charge in [0.1, 0.15) is 31.8 Å². The molecule has 6 aromatic carbocycles. The smallest absolute Gasteiger partial charge is 0.307 e. The second-order valence-electron chi connectivity index (χ2n) is 9.86. The number of hydrogen-bond acceptors (Lipinski definition) is 0. The highest BCUT2D eigenvalue weighted by molar-refractivity contribution is 9.30. The molecule has 6 rings (SSSR count). The van der Waals surface area contributed by atoms with E-state index in [1.54, 1.807) is 0 Å².